The zero-order chi connectivity index (χ0) is 26.8. The van der Waals surface area contributed by atoms with Crippen molar-refractivity contribution < 1.29 is 30.8 Å². The second kappa shape index (κ2) is 10.3. The van der Waals surface area contributed by atoms with Gasteiger partial charge in [-0.3, -0.25) is 9.78 Å². The fourth-order valence-corrected chi connectivity index (χ4v) is 5.77. The van der Waals surface area contributed by atoms with Crippen LogP contribution in [0.2, 0.25) is 0 Å². The number of alkyl halides is 3. The number of hydrogen-bond donors (Lipinski definition) is 1. The summed E-state index contributed by atoms with van der Waals surface area (Å²) in [6, 6.07) is 10.5. The van der Waals surface area contributed by atoms with Crippen LogP contribution in [0.1, 0.15) is 29.7 Å². The van der Waals surface area contributed by atoms with Crippen molar-refractivity contribution in [1.82, 2.24) is 14.6 Å². The predicted octanol–water partition coefficient (Wildman–Crippen LogP) is 4.36. The second-order valence-electron chi connectivity index (χ2n) is 8.44. The third-order valence-corrected chi connectivity index (χ3v) is 7.86. The summed E-state index contributed by atoms with van der Waals surface area (Å²) < 4.78 is 78.9. The molecule has 1 aromatic heterocycles. The minimum absolute atomic E-state index is 0.0103. The van der Waals surface area contributed by atoms with Gasteiger partial charge < -0.3 is 5.32 Å². The van der Waals surface area contributed by atoms with E-state index in [-0.39, 0.29) is 18.0 Å². The summed E-state index contributed by atoms with van der Waals surface area (Å²) in [4.78, 5) is 16.3. The quantitative estimate of drug-likeness (QED) is 0.379. The number of carbonyl (C=O) groups is 1. The van der Waals surface area contributed by atoms with E-state index >= 15 is 0 Å². The molecule has 1 aliphatic rings. The van der Waals surface area contributed by atoms with Crippen molar-refractivity contribution in [2.45, 2.75) is 36.5 Å². The number of nitrogens with zero attached hydrogens (tertiary/aromatic N) is 2. The average molecular weight is 532 g/mol. The molecule has 3 aromatic rings. The first-order valence-electron chi connectivity index (χ1n) is 11.2. The number of terminal acetylenes is 1. The van der Waals surface area contributed by atoms with Gasteiger partial charge in [0.1, 0.15) is 17.6 Å². The number of aromatic nitrogens is 1. The van der Waals surface area contributed by atoms with Crippen molar-refractivity contribution in [3.05, 3.63) is 83.4 Å². The van der Waals surface area contributed by atoms with Gasteiger partial charge in [0.25, 0.3) is 0 Å². The average Bonchev–Trinajstić information content (AvgIpc) is 3.38. The SMILES string of the molecule is C#Cc1cc(CNC(=O)[C@@H]2CCCN2S(=O)(=O)c2ccc(F)cc2)cc(-c2ccc(C(F)(F)F)nc2)c1. The molecular formula is C26H21F4N3O3S. The van der Waals surface area contributed by atoms with E-state index in [4.69, 9.17) is 6.42 Å². The molecule has 1 atom stereocenters. The summed E-state index contributed by atoms with van der Waals surface area (Å²) in [7, 11) is -4.01. The zero-order valence-electron chi connectivity index (χ0n) is 19.3. The lowest BCUT2D eigenvalue weighted by Crippen LogP contribution is -2.45. The first-order valence-corrected chi connectivity index (χ1v) is 12.6. The third kappa shape index (κ3) is 5.81. The van der Waals surface area contributed by atoms with Gasteiger partial charge in [0.15, 0.2) is 0 Å². The van der Waals surface area contributed by atoms with E-state index in [1.807, 2.05) is 0 Å². The molecule has 6 nitrogen and oxygen atoms in total. The summed E-state index contributed by atoms with van der Waals surface area (Å²) in [5, 5.41) is 2.72. The van der Waals surface area contributed by atoms with Crippen LogP contribution in [-0.4, -0.2) is 36.2 Å². The standard InChI is InChI=1S/C26H21F4N3O3S/c1-2-17-12-18(14-20(13-17)19-5-10-24(31-16-19)26(28,29)30)15-32-25(34)23-4-3-11-33(23)37(35,36)22-8-6-21(27)7-9-22/h1,5-10,12-14,16,23H,3-4,11,15H2,(H,32,34)/t23-/m0/s1. The van der Waals surface area contributed by atoms with Crippen LogP contribution in [0, 0.1) is 18.2 Å². The molecule has 4 rings (SSSR count). The molecule has 11 heteroatoms. The Bertz CT molecular complexity index is 1450. The zero-order valence-corrected chi connectivity index (χ0v) is 20.1. The number of pyridine rings is 1. The molecule has 1 fully saturated rings. The number of amides is 1. The van der Waals surface area contributed by atoms with Crippen LogP contribution in [0.25, 0.3) is 11.1 Å². The van der Waals surface area contributed by atoms with Gasteiger partial charge in [-0.25, -0.2) is 12.8 Å². The number of nitrogens with one attached hydrogen (secondary N) is 1. The van der Waals surface area contributed by atoms with E-state index < -0.39 is 39.7 Å². The number of rotatable bonds is 6. The van der Waals surface area contributed by atoms with E-state index in [0.29, 0.717) is 35.1 Å². The molecule has 2 heterocycles. The molecule has 1 saturated heterocycles. The molecule has 0 unspecified atom stereocenters. The normalized spacial score (nSPS) is 16.4. The minimum atomic E-state index is -4.56. The van der Waals surface area contributed by atoms with E-state index in [9.17, 15) is 30.8 Å². The van der Waals surface area contributed by atoms with Crippen molar-refractivity contribution in [3.63, 3.8) is 0 Å². The number of hydrogen-bond acceptors (Lipinski definition) is 4. The number of sulfonamides is 1. The summed E-state index contributed by atoms with van der Waals surface area (Å²) in [6.07, 6.45) is 2.87. The topological polar surface area (TPSA) is 79.4 Å². The summed E-state index contributed by atoms with van der Waals surface area (Å²) >= 11 is 0. The van der Waals surface area contributed by atoms with Gasteiger partial charge in [-0.2, -0.15) is 17.5 Å². The maximum absolute atomic E-state index is 13.2. The second-order valence-corrected chi connectivity index (χ2v) is 10.3. The molecule has 0 spiro atoms. The Hall–Kier alpha value is -3.75. The molecular weight excluding hydrogens is 510 g/mol. The van der Waals surface area contributed by atoms with Gasteiger partial charge in [0, 0.05) is 30.4 Å². The Morgan fingerprint density at radius 1 is 1.11 bits per heavy atom. The Balaban J connectivity index is 1.51. The number of benzene rings is 2. The fourth-order valence-electron chi connectivity index (χ4n) is 4.12. The van der Waals surface area contributed by atoms with E-state index in [1.165, 1.54) is 6.07 Å². The van der Waals surface area contributed by atoms with Crippen LogP contribution in [0.3, 0.4) is 0 Å². The van der Waals surface area contributed by atoms with E-state index in [0.717, 1.165) is 40.8 Å². The number of carbonyl (C=O) groups excluding carboxylic acids is 1. The smallest absolute Gasteiger partial charge is 0.351 e. The Kier molecular flexibility index (Phi) is 7.34. The monoisotopic (exact) mass is 531 g/mol. The molecule has 192 valence electrons. The lowest BCUT2D eigenvalue weighted by atomic mass is 10.0. The Morgan fingerprint density at radius 3 is 2.46 bits per heavy atom. The fraction of sp³-hybridized carbons (Fsp3) is 0.231. The van der Waals surface area contributed by atoms with Crippen molar-refractivity contribution in [1.29, 1.82) is 0 Å². The maximum Gasteiger partial charge on any atom is 0.433 e. The van der Waals surface area contributed by atoms with Crippen LogP contribution in [0.5, 0.6) is 0 Å². The van der Waals surface area contributed by atoms with Gasteiger partial charge in [-0.1, -0.05) is 12.0 Å². The minimum Gasteiger partial charge on any atom is -0.351 e. The van der Waals surface area contributed by atoms with E-state index in [1.54, 1.807) is 18.2 Å². The van der Waals surface area contributed by atoms with Gasteiger partial charge in [-0.05, 0) is 72.5 Å². The molecule has 2 aromatic carbocycles. The molecule has 0 bridgehead atoms. The first kappa shape index (κ1) is 26.3. The molecule has 0 saturated carbocycles. The van der Waals surface area contributed by atoms with Gasteiger partial charge in [0.05, 0.1) is 4.90 Å². The lowest BCUT2D eigenvalue weighted by Gasteiger charge is -2.23. The van der Waals surface area contributed by atoms with Crippen molar-refractivity contribution in [2.24, 2.45) is 0 Å². The van der Waals surface area contributed by atoms with Gasteiger partial charge in [0.2, 0.25) is 15.9 Å². The Morgan fingerprint density at radius 2 is 1.84 bits per heavy atom. The molecule has 1 N–H and O–H groups in total. The highest BCUT2D eigenvalue weighted by atomic mass is 32.2. The predicted molar refractivity (Wildman–Crippen MR) is 128 cm³/mol. The van der Waals surface area contributed by atoms with Crippen molar-refractivity contribution >= 4 is 15.9 Å². The van der Waals surface area contributed by atoms with Crippen molar-refractivity contribution in [2.75, 3.05) is 6.54 Å². The highest BCUT2D eigenvalue weighted by molar-refractivity contribution is 7.89. The lowest BCUT2D eigenvalue weighted by molar-refractivity contribution is -0.141. The van der Waals surface area contributed by atoms with Crippen LogP contribution in [0.15, 0.2) is 65.7 Å². The highest BCUT2D eigenvalue weighted by Crippen LogP contribution is 2.30. The van der Waals surface area contributed by atoms with Crippen LogP contribution >= 0.6 is 0 Å². The van der Waals surface area contributed by atoms with Crippen LogP contribution in [-0.2, 0) is 27.5 Å². The largest absolute Gasteiger partial charge is 0.433 e. The third-order valence-electron chi connectivity index (χ3n) is 5.94. The van der Waals surface area contributed by atoms with Crippen molar-refractivity contribution in [3.8, 4) is 23.5 Å². The summed E-state index contributed by atoms with van der Waals surface area (Å²) in [5.41, 5.74) is 0.925. The molecule has 0 aliphatic carbocycles. The Labute approximate surface area is 211 Å². The van der Waals surface area contributed by atoms with Gasteiger partial charge >= 0.3 is 6.18 Å². The van der Waals surface area contributed by atoms with Crippen LogP contribution < -0.4 is 5.32 Å². The maximum atomic E-state index is 13.2. The highest BCUT2D eigenvalue weighted by Gasteiger charge is 2.39. The van der Waals surface area contributed by atoms with E-state index in [2.05, 4.69) is 16.2 Å². The molecule has 1 amide bonds. The van der Waals surface area contributed by atoms with Gasteiger partial charge in [-0.15, -0.1) is 6.42 Å². The summed E-state index contributed by atoms with van der Waals surface area (Å²) in [6.45, 7) is 0.159. The number of halogens is 4. The summed E-state index contributed by atoms with van der Waals surface area (Å²) in [5.74, 6) is 1.40. The first-order chi connectivity index (χ1) is 17.5. The molecule has 0 radical (unpaired) electrons. The molecule has 1 aliphatic heterocycles. The molecule has 37 heavy (non-hydrogen) atoms. The van der Waals surface area contributed by atoms with Crippen LogP contribution in [0.4, 0.5) is 17.6 Å².